The Morgan fingerprint density at radius 1 is 1.38 bits per heavy atom. The standard InChI is InChI=1S/C9H9NO3/c1-4-5-7(11)9(13)10-8(12)6(2)3/h1H,2,5H2,3H3,(H,10,12,13). The zero-order valence-electron chi connectivity index (χ0n) is 7.22. The maximum Gasteiger partial charge on any atom is 0.295 e. The fourth-order valence-electron chi connectivity index (χ4n) is 0.452. The molecule has 68 valence electrons. The number of rotatable bonds is 3. The van der Waals surface area contributed by atoms with Crippen molar-refractivity contribution in [2.75, 3.05) is 0 Å². The van der Waals surface area contributed by atoms with Gasteiger partial charge in [0.2, 0.25) is 5.78 Å². The van der Waals surface area contributed by atoms with Crippen molar-refractivity contribution in [3.8, 4) is 12.3 Å². The van der Waals surface area contributed by atoms with E-state index in [9.17, 15) is 14.4 Å². The van der Waals surface area contributed by atoms with Gasteiger partial charge in [-0.25, -0.2) is 0 Å². The van der Waals surface area contributed by atoms with Gasteiger partial charge in [-0.15, -0.1) is 6.42 Å². The first-order valence-electron chi connectivity index (χ1n) is 3.46. The molecule has 0 spiro atoms. The zero-order chi connectivity index (χ0) is 10.4. The SMILES string of the molecule is C#CCC(=O)C(=O)NC(=O)C(=C)C. The fourth-order valence-corrected chi connectivity index (χ4v) is 0.452. The minimum atomic E-state index is -0.994. The maximum absolute atomic E-state index is 10.8. The van der Waals surface area contributed by atoms with E-state index >= 15 is 0 Å². The molecule has 0 radical (unpaired) electrons. The number of carbonyl (C=O) groups is 3. The lowest BCUT2D eigenvalue weighted by Gasteiger charge is -1.99. The predicted octanol–water partition coefficient (Wildman–Crippen LogP) is -0.202. The van der Waals surface area contributed by atoms with Gasteiger partial charge in [-0.3, -0.25) is 19.7 Å². The van der Waals surface area contributed by atoms with Crippen LogP contribution in [0.5, 0.6) is 0 Å². The van der Waals surface area contributed by atoms with Crippen LogP contribution in [0.3, 0.4) is 0 Å². The number of imide groups is 1. The van der Waals surface area contributed by atoms with Gasteiger partial charge in [-0.2, -0.15) is 0 Å². The highest BCUT2D eigenvalue weighted by Crippen LogP contribution is 1.87. The van der Waals surface area contributed by atoms with Crippen LogP contribution in [0.25, 0.3) is 0 Å². The van der Waals surface area contributed by atoms with Gasteiger partial charge in [0.05, 0.1) is 6.42 Å². The summed E-state index contributed by atoms with van der Waals surface area (Å²) < 4.78 is 0. The molecule has 0 unspecified atom stereocenters. The first kappa shape index (κ1) is 11.1. The number of amides is 2. The largest absolute Gasteiger partial charge is 0.295 e. The molecule has 0 aromatic rings. The summed E-state index contributed by atoms with van der Waals surface area (Å²) in [5.41, 5.74) is 0.154. The van der Waals surface area contributed by atoms with E-state index in [4.69, 9.17) is 6.42 Å². The van der Waals surface area contributed by atoms with E-state index in [0.717, 1.165) is 0 Å². The minimum absolute atomic E-state index is 0.154. The summed E-state index contributed by atoms with van der Waals surface area (Å²) in [5, 5.41) is 1.84. The van der Waals surface area contributed by atoms with Crippen LogP contribution in [-0.4, -0.2) is 17.6 Å². The van der Waals surface area contributed by atoms with Gasteiger partial charge < -0.3 is 0 Å². The van der Waals surface area contributed by atoms with Crippen LogP contribution in [0, 0.1) is 12.3 Å². The molecule has 0 aliphatic rings. The Bertz CT molecular complexity index is 309. The topological polar surface area (TPSA) is 63.2 Å². The van der Waals surface area contributed by atoms with Crippen LogP contribution >= 0.6 is 0 Å². The highest BCUT2D eigenvalue weighted by molar-refractivity contribution is 6.39. The van der Waals surface area contributed by atoms with Gasteiger partial charge in [0.1, 0.15) is 0 Å². The second-order valence-corrected chi connectivity index (χ2v) is 2.37. The number of terminal acetylenes is 1. The molecule has 0 fully saturated rings. The van der Waals surface area contributed by atoms with Crippen molar-refractivity contribution in [1.82, 2.24) is 5.32 Å². The van der Waals surface area contributed by atoms with Crippen LogP contribution in [-0.2, 0) is 14.4 Å². The number of ketones is 1. The molecule has 0 saturated carbocycles. The molecule has 1 N–H and O–H groups in total. The van der Waals surface area contributed by atoms with E-state index in [2.05, 4.69) is 6.58 Å². The van der Waals surface area contributed by atoms with E-state index in [-0.39, 0.29) is 12.0 Å². The van der Waals surface area contributed by atoms with Crippen molar-refractivity contribution < 1.29 is 14.4 Å². The highest BCUT2D eigenvalue weighted by Gasteiger charge is 2.15. The molecule has 0 aromatic carbocycles. The predicted molar refractivity (Wildman–Crippen MR) is 46.4 cm³/mol. The monoisotopic (exact) mass is 179 g/mol. The number of hydrogen-bond acceptors (Lipinski definition) is 3. The van der Waals surface area contributed by atoms with Gasteiger partial charge >= 0.3 is 0 Å². The molecule has 0 aliphatic heterocycles. The summed E-state index contributed by atoms with van der Waals surface area (Å²) >= 11 is 0. The maximum atomic E-state index is 10.8. The summed E-state index contributed by atoms with van der Waals surface area (Å²) in [4.78, 5) is 32.4. The molecule has 0 aliphatic carbocycles. The van der Waals surface area contributed by atoms with E-state index in [1.807, 2.05) is 11.2 Å². The number of hydrogen-bond donors (Lipinski definition) is 1. The van der Waals surface area contributed by atoms with Crippen LogP contribution < -0.4 is 5.32 Å². The minimum Gasteiger partial charge on any atom is -0.288 e. The molecule has 2 amide bonds. The van der Waals surface area contributed by atoms with Gasteiger partial charge in [0.15, 0.2) is 0 Å². The molecule has 0 atom stereocenters. The number of Topliss-reactive ketones (excluding diaryl/α,β-unsaturated/α-hetero) is 1. The number of nitrogens with one attached hydrogen (secondary N) is 1. The summed E-state index contributed by atoms with van der Waals surface area (Å²) in [5.74, 6) is -0.467. The lowest BCUT2D eigenvalue weighted by atomic mass is 10.2. The second-order valence-electron chi connectivity index (χ2n) is 2.37. The Hall–Kier alpha value is -1.89. The van der Waals surface area contributed by atoms with Gasteiger partial charge in [-0.1, -0.05) is 12.5 Å². The van der Waals surface area contributed by atoms with Crippen LogP contribution in [0.1, 0.15) is 13.3 Å². The Balaban J connectivity index is 4.18. The molecule has 0 bridgehead atoms. The lowest BCUT2D eigenvalue weighted by molar-refractivity contribution is -0.139. The van der Waals surface area contributed by atoms with E-state index in [0.29, 0.717) is 0 Å². The Labute approximate surface area is 76.0 Å². The first-order chi connectivity index (χ1) is 5.99. The quantitative estimate of drug-likeness (QED) is 0.370. The van der Waals surface area contributed by atoms with Gasteiger partial charge in [-0.05, 0) is 6.92 Å². The highest BCUT2D eigenvalue weighted by atomic mass is 16.2. The third-order valence-electron chi connectivity index (χ3n) is 1.13. The van der Waals surface area contributed by atoms with Crippen LogP contribution in [0.2, 0.25) is 0 Å². The normalized spacial score (nSPS) is 8.31. The third-order valence-corrected chi connectivity index (χ3v) is 1.13. The number of carbonyl (C=O) groups excluding carboxylic acids is 3. The Morgan fingerprint density at radius 3 is 2.31 bits per heavy atom. The van der Waals surface area contributed by atoms with Crippen molar-refractivity contribution in [3.63, 3.8) is 0 Å². The summed E-state index contributed by atoms with van der Waals surface area (Å²) in [7, 11) is 0. The average molecular weight is 179 g/mol. The molecule has 0 heterocycles. The van der Waals surface area contributed by atoms with Crippen molar-refractivity contribution >= 4 is 17.6 Å². The second kappa shape index (κ2) is 4.88. The smallest absolute Gasteiger partial charge is 0.288 e. The molecule has 4 nitrogen and oxygen atoms in total. The molecule has 4 heteroatoms. The first-order valence-corrected chi connectivity index (χ1v) is 3.46. The molecule has 0 aromatic heterocycles. The fraction of sp³-hybridized carbons (Fsp3) is 0.222. The third kappa shape index (κ3) is 3.87. The van der Waals surface area contributed by atoms with Crippen molar-refractivity contribution in [1.29, 1.82) is 0 Å². The van der Waals surface area contributed by atoms with E-state index in [1.54, 1.807) is 0 Å². The summed E-state index contributed by atoms with van der Waals surface area (Å²) in [6.45, 7) is 4.72. The van der Waals surface area contributed by atoms with E-state index in [1.165, 1.54) is 6.92 Å². The molecule has 13 heavy (non-hydrogen) atoms. The van der Waals surface area contributed by atoms with Crippen LogP contribution in [0.15, 0.2) is 12.2 Å². The van der Waals surface area contributed by atoms with Gasteiger partial charge in [0, 0.05) is 5.57 Å². The van der Waals surface area contributed by atoms with Crippen molar-refractivity contribution in [2.24, 2.45) is 0 Å². The average Bonchev–Trinajstić information content (AvgIpc) is 2.04. The Morgan fingerprint density at radius 2 is 1.92 bits per heavy atom. The lowest BCUT2D eigenvalue weighted by Crippen LogP contribution is -2.36. The van der Waals surface area contributed by atoms with Gasteiger partial charge in [0.25, 0.3) is 11.8 Å². The zero-order valence-corrected chi connectivity index (χ0v) is 7.22. The summed E-state index contributed by atoms with van der Waals surface area (Å²) in [6, 6.07) is 0. The molecular weight excluding hydrogens is 170 g/mol. The van der Waals surface area contributed by atoms with E-state index < -0.39 is 17.6 Å². The summed E-state index contributed by atoms with van der Waals surface area (Å²) in [6.07, 6.45) is 4.49. The van der Waals surface area contributed by atoms with Crippen LogP contribution in [0.4, 0.5) is 0 Å². The van der Waals surface area contributed by atoms with Crippen molar-refractivity contribution in [2.45, 2.75) is 13.3 Å². The molecule has 0 rings (SSSR count). The van der Waals surface area contributed by atoms with Crippen molar-refractivity contribution in [3.05, 3.63) is 12.2 Å². The molecule has 0 saturated heterocycles. The Kier molecular flexibility index (Phi) is 4.17. The molecular formula is C9H9NO3.